The smallest absolute Gasteiger partial charge is 0.225 e. The van der Waals surface area contributed by atoms with Gasteiger partial charge >= 0.3 is 0 Å². The van der Waals surface area contributed by atoms with Crippen LogP contribution in [0.1, 0.15) is 46.5 Å². The Kier molecular flexibility index (Phi) is 5.25. The van der Waals surface area contributed by atoms with Gasteiger partial charge in [-0.2, -0.15) is 0 Å². The average molecular weight is 312 g/mol. The van der Waals surface area contributed by atoms with E-state index in [2.05, 4.69) is 20.8 Å². The fourth-order valence-electron chi connectivity index (χ4n) is 3.49. The number of nitrogens with zero attached hydrogens (tertiary/aromatic N) is 1. The van der Waals surface area contributed by atoms with Crippen molar-refractivity contribution in [2.45, 2.75) is 52.6 Å². The molecule has 0 spiro atoms. The van der Waals surface area contributed by atoms with Crippen molar-refractivity contribution in [3.8, 4) is 0 Å². The van der Waals surface area contributed by atoms with Crippen molar-refractivity contribution < 1.29 is 9.53 Å². The zero-order valence-corrected chi connectivity index (χ0v) is 14.2. The van der Waals surface area contributed by atoms with Gasteiger partial charge in [-0.25, -0.2) is 0 Å². The van der Waals surface area contributed by atoms with E-state index >= 15 is 0 Å². The summed E-state index contributed by atoms with van der Waals surface area (Å²) in [4.78, 5) is 14.9. The number of amides is 1. The van der Waals surface area contributed by atoms with Crippen LogP contribution in [0, 0.1) is 17.3 Å². The van der Waals surface area contributed by atoms with Gasteiger partial charge in [0.05, 0.1) is 13.2 Å². The van der Waals surface area contributed by atoms with Gasteiger partial charge in [0.15, 0.2) is 0 Å². The maximum absolute atomic E-state index is 12.7. The molecule has 1 atom stereocenters. The lowest BCUT2D eigenvalue weighted by Crippen LogP contribution is -2.51. The van der Waals surface area contributed by atoms with Crippen LogP contribution in [0.25, 0.3) is 0 Å². The van der Waals surface area contributed by atoms with Gasteiger partial charge in [0, 0.05) is 12.5 Å². The zero-order valence-electron chi connectivity index (χ0n) is 13.4. The van der Waals surface area contributed by atoms with Crippen molar-refractivity contribution >= 4 is 23.1 Å². The van der Waals surface area contributed by atoms with Gasteiger partial charge in [0.1, 0.15) is 11.1 Å². The molecule has 4 nitrogen and oxygen atoms in total. The molecule has 2 aliphatic rings. The van der Waals surface area contributed by atoms with Crippen LogP contribution in [0.2, 0.25) is 0 Å². The number of rotatable bonds is 2. The van der Waals surface area contributed by atoms with Crippen LogP contribution >= 0.6 is 12.2 Å². The van der Waals surface area contributed by atoms with E-state index in [4.69, 9.17) is 22.7 Å². The highest BCUT2D eigenvalue weighted by Gasteiger charge is 2.35. The van der Waals surface area contributed by atoms with E-state index in [1.807, 2.05) is 4.90 Å². The molecule has 1 heterocycles. The summed E-state index contributed by atoms with van der Waals surface area (Å²) >= 11 is 4.98. The topological polar surface area (TPSA) is 55.6 Å². The number of nitrogens with two attached hydrogens (primary N) is 1. The van der Waals surface area contributed by atoms with E-state index in [0.29, 0.717) is 30.1 Å². The normalized spacial score (nSPS) is 31.0. The Morgan fingerprint density at radius 3 is 2.38 bits per heavy atom. The molecule has 2 N–H and O–H groups in total. The molecule has 0 aromatic rings. The zero-order chi connectivity index (χ0) is 15.6. The highest BCUT2D eigenvalue weighted by molar-refractivity contribution is 7.80. The van der Waals surface area contributed by atoms with Crippen molar-refractivity contribution in [2.75, 3.05) is 19.7 Å². The van der Waals surface area contributed by atoms with Crippen LogP contribution in [0.5, 0.6) is 0 Å². The third-order valence-electron chi connectivity index (χ3n) is 5.00. The lowest BCUT2D eigenvalue weighted by molar-refractivity contribution is -0.142. The van der Waals surface area contributed by atoms with E-state index in [1.165, 1.54) is 0 Å². The first kappa shape index (κ1) is 16.7. The van der Waals surface area contributed by atoms with Crippen molar-refractivity contribution in [1.82, 2.24) is 4.90 Å². The molecule has 1 unspecified atom stereocenters. The average Bonchev–Trinajstić information content (AvgIpc) is 2.46. The van der Waals surface area contributed by atoms with Crippen LogP contribution in [0.3, 0.4) is 0 Å². The second-order valence-electron chi connectivity index (χ2n) is 7.46. The monoisotopic (exact) mass is 312 g/mol. The minimum absolute atomic E-state index is 0.175. The Bertz CT molecular complexity index is 398. The SMILES string of the molecule is CC(C)(C)C1CCC(C(=O)N2CCOC(C(N)=S)C2)CC1. The molecule has 0 aromatic carbocycles. The van der Waals surface area contributed by atoms with Crippen molar-refractivity contribution in [1.29, 1.82) is 0 Å². The fraction of sp³-hybridized carbons (Fsp3) is 0.875. The molecule has 0 radical (unpaired) electrons. The Balaban J connectivity index is 1.88. The van der Waals surface area contributed by atoms with E-state index in [0.717, 1.165) is 31.6 Å². The van der Waals surface area contributed by atoms with Crippen LogP contribution in [0.4, 0.5) is 0 Å². The number of hydrogen-bond donors (Lipinski definition) is 1. The third kappa shape index (κ3) is 4.16. The summed E-state index contributed by atoms with van der Waals surface area (Å²) in [5, 5.41) is 0. The summed E-state index contributed by atoms with van der Waals surface area (Å²) in [7, 11) is 0. The first-order valence-corrected chi connectivity index (χ1v) is 8.39. The number of carbonyl (C=O) groups excluding carboxylic acids is 1. The molecular weight excluding hydrogens is 284 g/mol. The quantitative estimate of drug-likeness (QED) is 0.795. The van der Waals surface area contributed by atoms with Gasteiger partial charge < -0.3 is 15.4 Å². The lowest BCUT2D eigenvalue weighted by atomic mass is 9.69. The Hall–Kier alpha value is -0.680. The maximum atomic E-state index is 12.7. The minimum Gasteiger partial charge on any atom is -0.391 e. The standard InChI is InChI=1S/C16H28N2O2S/c1-16(2,3)12-6-4-11(5-7-12)15(19)18-8-9-20-13(10-18)14(17)21/h11-13H,4-10H2,1-3H3,(H2,17,21). The predicted octanol–water partition coefficient (Wildman–Crippen LogP) is 2.35. The predicted molar refractivity (Wildman–Crippen MR) is 88.0 cm³/mol. The number of hydrogen-bond acceptors (Lipinski definition) is 3. The Morgan fingerprint density at radius 1 is 1.24 bits per heavy atom. The van der Waals surface area contributed by atoms with E-state index < -0.39 is 0 Å². The summed E-state index contributed by atoms with van der Waals surface area (Å²) in [5.74, 6) is 1.18. The lowest BCUT2D eigenvalue weighted by Gasteiger charge is -2.39. The van der Waals surface area contributed by atoms with Gasteiger partial charge in [-0.1, -0.05) is 33.0 Å². The molecule has 120 valence electrons. The Labute approximate surface area is 133 Å². The highest BCUT2D eigenvalue weighted by Crippen LogP contribution is 2.40. The first-order valence-electron chi connectivity index (χ1n) is 7.98. The molecule has 2 rings (SSSR count). The molecule has 1 aliphatic carbocycles. The molecule has 5 heteroatoms. The molecule has 21 heavy (non-hydrogen) atoms. The molecule has 0 aromatic heterocycles. The number of carbonyl (C=O) groups is 1. The van der Waals surface area contributed by atoms with E-state index in [-0.39, 0.29) is 17.9 Å². The van der Waals surface area contributed by atoms with Crippen molar-refractivity contribution in [3.63, 3.8) is 0 Å². The first-order chi connectivity index (χ1) is 9.79. The number of morpholine rings is 1. The summed E-state index contributed by atoms with van der Waals surface area (Å²) in [6.45, 7) is 8.62. The largest absolute Gasteiger partial charge is 0.391 e. The van der Waals surface area contributed by atoms with Crippen LogP contribution in [0.15, 0.2) is 0 Å². The summed E-state index contributed by atoms with van der Waals surface area (Å²) in [5.41, 5.74) is 5.99. The second kappa shape index (κ2) is 6.61. The molecule has 1 aliphatic heterocycles. The fourth-order valence-corrected chi connectivity index (χ4v) is 3.63. The van der Waals surface area contributed by atoms with Crippen LogP contribution in [-0.4, -0.2) is 41.6 Å². The van der Waals surface area contributed by atoms with Crippen molar-refractivity contribution in [3.05, 3.63) is 0 Å². The summed E-state index contributed by atoms with van der Waals surface area (Å²) in [6, 6.07) is 0. The minimum atomic E-state index is -0.274. The molecule has 0 bridgehead atoms. The highest BCUT2D eigenvalue weighted by atomic mass is 32.1. The van der Waals surface area contributed by atoms with Crippen molar-refractivity contribution in [2.24, 2.45) is 23.0 Å². The maximum Gasteiger partial charge on any atom is 0.225 e. The van der Waals surface area contributed by atoms with Gasteiger partial charge in [-0.15, -0.1) is 0 Å². The van der Waals surface area contributed by atoms with Crippen LogP contribution < -0.4 is 5.73 Å². The number of ether oxygens (including phenoxy) is 1. The molecule has 2 fully saturated rings. The number of thiocarbonyl (C=S) groups is 1. The van der Waals surface area contributed by atoms with Crippen LogP contribution in [-0.2, 0) is 9.53 Å². The van der Waals surface area contributed by atoms with Gasteiger partial charge in [-0.05, 0) is 37.0 Å². The third-order valence-corrected chi connectivity index (χ3v) is 5.26. The molecule has 1 saturated carbocycles. The summed E-state index contributed by atoms with van der Waals surface area (Å²) in [6.07, 6.45) is 4.06. The molecule has 1 amide bonds. The van der Waals surface area contributed by atoms with Gasteiger partial charge in [0.2, 0.25) is 5.91 Å². The van der Waals surface area contributed by atoms with Gasteiger partial charge in [0.25, 0.3) is 0 Å². The second-order valence-corrected chi connectivity index (χ2v) is 7.93. The Morgan fingerprint density at radius 2 is 1.86 bits per heavy atom. The van der Waals surface area contributed by atoms with E-state index in [9.17, 15) is 4.79 Å². The molecular formula is C16H28N2O2S. The molecule has 1 saturated heterocycles. The summed E-state index contributed by atoms with van der Waals surface area (Å²) < 4.78 is 5.51. The van der Waals surface area contributed by atoms with Gasteiger partial charge in [-0.3, -0.25) is 4.79 Å². The van der Waals surface area contributed by atoms with E-state index in [1.54, 1.807) is 0 Å².